The second-order valence-electron chi connectivity index (χ2n) is 6.14. The molecule has 1 N–H and O–H groups in total. The van der Waals surface area contributed by atoms with Gasteiger partial charge >= 0.3 is 0 Å². The second kappa shape index (κ2) is 7.52. The Labute approximate surface area is 146 Å². The molecule has 0 radical (unpaired) electrons. The smallest absolute Gasteiger partial charge is 0.276 e. The van der Waals surface area contributed by atoms with Crippen LogP contribution in [0.2, 0.25) is 0 Å². The number of hydrogen-bond donors (Lipinski definition) is 1. The lowest BCUT2D eigenvalue weighted by atomic mass is 10.2. The van der Waals surface area contributed by atoms with Gasteiger partial charge in [0.1, 0.15) is 6.61 Å². The molecule has 8 heteroatoms. The van der Waals surface area contributed by atoms with Gasteiger partial charge in [0.15, 0.2) is 23.3 Å². The van der Waals surface area contributed by atoms with Gasteiger partial charge in [-0.15, -0.1) is 5.10 Å². The maximum Gasteiger partial charge on any atom is 0.276 e. The minimum absolute atomic E-state index is 0.0311. The van der Waals surface area contributed by atoms with E-state index in [1.54, 1.807) is 15.8 Å². The molecule has 1 aliphatic heterocycles. The Bertz CT molecular complexity index is 731. The lowest BCUT2D eigenvalue weighted by Crippen LogP contribution is -2.39. The van der Waals surface area contributed by atoms with Crippen LogP contribution in [0.3, 0.4) is 0 Å². The standard InChI is InChI=1S/C17H22N4O4/c1-12(2)21(7-8-22)17(23)14-10-20(19-18-14)9-13-11-24-15-5-3-4-6-16(15)25-13/h3-6,10,12-13,22H,7-9,11H2,1-2H3/t13-/m0/s1. The van der Waals surface area contributed by atoms with Crippen LogP contribution >= 0.6 is 0 Å². The fraction of sp³-hybridized carbons (Fsp3) is 0.471. The van der Waals surface area contributed by atoms with Crippen molar-refractivity contribution in [3.63, 3.8) is 0 Å². The lowest BCUT2D eigenvalue weighted by molar-refractivity contribution is 0.0658. The number of hydrogen-bond acceptors (Lipinski definition) is 6. The first-order valence-electron chi connectivity index (χ1n) is 8.29. The van der Waals surface area contributed by atoms with Crippen molar-refractivity contribution in [2.75, 3.05) is 19.8 Å². The molecule has 1 amide bonds. The average Bonchev–Trinajstić information content (AvgIpc) is 3.07. The summed E-state index contributed by atoms with van der Waals surface area (Å²) in [5.74, 6) is 1.18. The summed E-state index contributed by atoms with van der Waals surface area (Å²) in [4.78, 5) is 14.0. The Hall–Kier alpha value is -2.61. The van der Waals surface area contributed by atoms with E-state index >= 15 is 0 Å². The van der Waals surface area contributed by atoms with Crippen LogP contribution in [-0.2, 0) is 6.54 Å². The Kier molecular flexibility index (Phi) is 5.18. The van der Waals surface area contributed by atoms with E-state index in [4.69, 9.17) is 14.6 Å². The molecule has 0 saturated heterocycles. The van der Waals surface area contributed by atoms with E-state index in [2.05, 4.69) is 10.3 Å². The molecule has 8 nitrogen and oxygen atoms in total. The fourth-order valence-electron chi connectivity index (χ4n) is 2.70. The Morgan fingerprint density at radius 1 is 1.40 bits per heavy atom. The van der Waals surface area contributed by atoms with Crippen LogP contribution in [0.4, 0.5) is 0 Å². The van der Waals surface area contributed by atoms with Crippen LogP contribution < -0.4 is 9.47 Å². The number of carbonyl (C=O) groups excluding carboxylic acids is 1. The van der Waals surface area contributed by atoms with Gasteiger partial charge in [0.25, 0.3) is 5.91 Å². The van der Waals surface area contributed by atoms with Crippen LogP contribution in [0.5, 0.6) is 11.5 Å². The average molecular weight is 346 g/mol. The zero-order chi connectivity index (χ0) is 17.8. The molecule has 1 atom stereocenters. The molecule has 1 aromatic heterocycles. The van der Waals surface area contributed by atoms with Crippen molar-refractivity contribution in [2.45, 2.75) is 32.5 Å². The van der Waals surface area contributed by atoms with Gasteiger partial charge in [0, 0.05) is 12.6 Å². The number of para-hydroxylation sites is 2. The second-order valence-corrected chi connectivity index (χ2v) is 6.14. The predicted molar refractivity (Wildman–Crippen MR) is 89.6 cm³/mol. The first-order valence-corrected chi connectivity index (χ1v) is 8.29. The molecule has 1 aromatic carbocycles. The fourth-order valence-corrected chi connectivity index (χ4v) is 2.70. The van der Waals surface area contributed by atoms with E-state index in [9.17, 15) is 4.79 Å². The van der Waals surface area contributed by atoms with Crippen LogP contribution in [0.25, 0.3) is 0 Å². The van der Waals surface area contributed by atoms with Crippen molar-refractivity contribution < 1.29 is 19.4 Å². The van der Waals surface area contributed by atoms with E-state index in [0.29, 0.717) is 18.9 Å². The third-order valence-corrected chi connectivity index (χ3v) is 3.94. The van der Waals surface area contributed by atoms with E-state index in [-0.39, 0.29) is 36.9 Å². The number of nitrogens with zero attached hydrogens (tertiary/aromatic N) is 4. The molecule has 0 bridgehead atoms. The largest absolute Gasteiger partial charge is 0.486 e. The van der Waals surface area contributed by atoms with Gasteiger partial charge in [0.05, 0.1) is 19.3 Å². The number of fused-ring (bicyclic) bond motifs is 1. The summed E-state index contributed by atoms with van der Waals surface area (Å²) < 4.78 is 13.1. The highest BCUT2D eigenvalue weighted by Gasteiger charge is 2.24. The number of aliphatic hydroxyl groups is 1. The van der Waals surface area contributed by atoms with Gasteiger partial charge in [-0.25, -0.2) is 4.68 Å². The van der Waals surface area contributed by atoms with Crippen molar-refractivity contribution in [2.24, 2.45) is 0 Å². The Morgan fingerprint density at radius 2 is 2.16 bits per heavy atom. The molecule has 25 heavy (non-hydrogen) atoms. The highest BCUT2D eigenvalue weighted by molar-refractivity contribution is 5.92. The zero-order valence-electron chi connectivity index (χ0n) is 14.3. The van der Waals surface area contributed by atoms with Crippen LogP contribution in [0.1, 0.15) is 24.3 Å². The molecule has 2 heterocycles. The highest BCUT2D eigenvalue weighted by Crippen LogP contribution is 2.31. The van der Waals surface area contributed by atoms with Crippen molar-refractivity contribution in [3.8, 4) is 11.5 Å². The first-order chi connectivity index (χ1) is 12.1. The summed E-state index contributed by atoms with van der Waals surface area (Å²) in [6, 6.07) is 7.46. The first kappa shape index (κ1) is 17.2. The third kappa shape index (κ3) is 3.90. The molecule has 134 valence electrons. The molecule has 3 rings (SSSR count). The monoisotopic (exact) mass is 346 g/mol. The van der Waals surface area contributed by atoms with Crippen molar-refractivity contribution in [1.82, 2.24) is 19.9 Å². The lowest BCUT2D eigenvalue weighted by Gasteiger charge is -2.26. The van der Waals surface area contributed by atoms with Gasteiger partial charge in [0.2, 0.25) is 0 Å². The molecule has 0 spiro atoms. The van der Waals surface area contributed by atoms with E-state index in [1.807, 2.05) is 38.1 Å². The van der Waals surface area contributed by atoms with Gasteiger partial charge in [-0.2, -0.15) is 0 Å². The molecular formula is C17H22N4O4. The summed E-state index contributed by atoms with van der Waals surface area (Å²) in [6.07, 6.45) is 1.39. The molecule has 1 aliphatic rings. The molecule has 2 aromatic rings. The normalized spacial score (nSPS) is 16.1. The molecule has 0 unspecified atom stereocenters. The Balaban J connectivity index is 1.65. The number of amides is 1. The summed E-state index contributed by atoms with van der Waals surface area (Å²) >= 11 is 0. The van der Waals surface area contributed by atoms with E-state index in [1.165, 1.54) is 0 Å². The van der Waals surface area contributed by atoms with Crippen LogP contribution in [0, 0.1) is 0 Å². The quantitative estimate of drug-likeness (QED) is 0.838. The third-order valence-electron chi connectivity index (χ3n) is 3.94. The number of ether oxygens (including phenoxy) is 2. The number of aromatic nitrogens is 3. The molecule has 0 fully saturated rings. The SMILES string of the molecule is CC(C)N(CCO)C(=O)c1cn(C[C@H]2COc3ccccc3O2)nn1. The van der Waals surface area contributed by atoms with E-state index < -0.39 is 0 Å². The molecular weight excluding hydrogens is 324 g/mol. The maximum absolute atomic E-state index is 12.5. The highest BCUT2D eigenvalue weighted by atomic mass is 16.6. The summed E-state index contributed by atoms with van der Waals surface area (Å²) in [6.45, 7) is 4.79. The molecule has 0 saturated carbocycles. The minimum Gasteiger partial charge on any atom is -0.486 e. The van der Waals surface area contributed by atoms with Crippen LogP contribution in [-0.4, -0.2) is 62.8 Å². The number of aliphatic hydroxyl groups excluding tert-OH is 1. The predicted octanol–water partition coefficient (Wildman–Crippen LogP) is 0.961. The van der Waals surface area contributed by atoms with Crippen molar-refractivity contribution in [1.29, 1.82) is 0 Å². The topological polar surface area (TPSA) is 89.7 Å². The van der Waals surface area contributed by atoms with Gasteiger partial charge < -0.3 is 19.5 Å². The number of benzene rings is 1. The molecule has 0 aliphatic carbocycles. The summed E-state index contributed by atoms with van der Waals surface area (Å²) in [5, 5.41) is 17.1. The van der Waals surface area contributed by atoms with Gasteiger partial charge in [-0.05, 0) is 26.0 Å². The summed E-state index contributed by atoms with van der Waals surface area (Å²) in [5.41, 5.74) is 0.249. The van der Waals surface area contributed by atoms with Crippen molar-refractivity contribution in [3.05, 3.63) is 36.2 Å². The van der Waals surface area contributed by atoms with E-state index in [0.717, 1.165) is 5.75 Å². The number of rotatable bonds is 6. The van der Waals surface area contributed by atoms with Gasteiger partial charge in [-0.1, -0.05) is 17.3 Å². The summed E-state index contributed by atoms with van der Waals surface area (Å²) in [7, 11) is 0. The minimum atomic E-state index is -0.249. The maximum atomic E-state index is 12.5. The van der Waals surface area contributed by atoms with Gasteiger partial charge in [-0.3, -0.25) is 4.79 Å². The number of carbonyl (C=O) groups is 1. The van der Waals surface area contributed by atoms with Crippen LogP contribution in [0.15, 0.2) is 30.5 Å². The Morgan fingerprint density at radius 3 is 2.88 bits per heavy atom. The zero-order valence-corrected chi connectivity index (χ0v) is 14.3. The van der Waals surface area contributed by atoms with Crippen molar-refractivity contribution >= 4 is 5.91 Å².